The number of ether oxygens (including phenoxy) is 2. The maximum Gasteiger partial charge on any atom is 0.161 e. The summed E-state index contributed by atoms with van der Waals surface area (Å²) in [5, 5.41) is 4.50. The van der Waals surface area contributed by atoms with E-state index >= 15 is 0 Å². The highest BCUT2D eigenvalue weighted by Gasteiger charge is 2.04. The van der Waals surface area contributed by atoms with Crippen LogP contribution in [0.15, 0.2) is 77.9 Å². The van der Waals surface area contributed by atoms with Gasteiger partial charge in [-0.2, -0.15) is 5.10 Å². The monoisotopic (exact) mass is 374 g/mol. The summed E-state index contributed by atoms with van der Waals surface area (Å²) < 4.78 is 10.6. The van der Waals surface area contributed by atoms with Gasteiger partial charge in [-0.15, -0.1) is 0 Å². The Morgan fingerprint density at radius 1 is 0.786 bits per heavy atom. The summed E-state index contributed by atoms with van der Waals surface area (Å²) in [5.41, 5.74) is 8.88. The summed E-state index contributed by atoms with van der Waals surface area (Å²) >= 11 is 0. The van der Waals surface area contributed by atoms with E-state index in [2.05, 4.69) is 59.1 Å². The third kappa shape index (κ3) is 5.13. The van der Waals surface area contributed by atoms with Gasteiger partial charge in [0.1, 0.15) is 0 Å². The third-order valence-corrected chi connectivity index (χ3v) is 4.60. The van der Waals surface area contributed by atoms with E-state index in [-0.39, 0.29) is 0 Å². The van der Waals surface area contributed by atoms with Crippen LogP contribution >= 0.6 is 0 Å². The van der Waals surface area contributed by atoms with Crippen LogP contribution < -0.4 is 14.9 Å². The van der Waals surface area contributed by atoms with Crippen molar-refractivity contribution >= 4 is 5.71 Å². The van der Waals surface area contributed by atoms with Gasteiger partial charge in [-0.25, -0.2) is 0 Å². The molecule has 0 radical (unpaired) electrons. The van der Waals surface area contributed by atoms with E-state index in [0.29, 0.717) is 6.54 Å². The lowest BCUT2D eigenvalue weighted by atomic mass is 10.0. The predicted molar refractivity (Wildman–Crippen MR) is 114 cm³/mol. The smallest absolute Gasteiger partial charge is 0.161 e. The number of hydrogen-bond acceptors (Lipinski definition) is 4. The molecule has 0 aliphatic heterocycles. The number of nitrogens with one attached hydrogen (secondary N) is 1. The van der Waals surface area contributed by atoms with E-state index in [1.54, 1.807) is 14.2 Å². The molecule has 28 heavy (non-hydrogen) atoms. The molecule has 3 rings (SSSR count). The molecule has 0 unspecified atom stereocenters. The van der Waals surface area contributed by atoms with Crippen LogP contribution in [0.4, 0.5) is 0 Å². The highest BCUT2D eigenvalue weighted by atomic mass is 16.5. The first-order valence-corrected chi connectivity index (χ1v) is 9.31. The molecule has 0 aromatic heterocycles. The first-order chi connectivity index (χ1) is 13.7. The minimum Gasteiger partial charge on any atom is -0.493 e. The van der Waals surface area contributed by atoms with Gasteiger partial charge >= 0.3 is 0 Å². The Bertz CT molecular complexity index is 919. The molecule has 3 aromatic carbocycles. The molecule has 0 aliphatic carbocycles. The summed E-state index contributed by atoms with van der Waals surface area (Å²) in [5.74, 6) is 1.44. The minimum atomic E-state index is 0.615. The van der Waals surface area contributed by atoms with Gasteiger partial charge in [0, 0.05) is 0 Å². The van der Waals surface area contributed by atoms with Gasteiger partial charge in [-0.1, -0.05) is 60.7 Å². The first kappa shape index (κ1) is 19.5. The molecule has 0 atom stereocenters. The van der Waals surface area contributed by atoms with Gasteiger partial charge in [0.15, 0.2) is 11.5 Å². The summed E-state index contributed by atoms with van der Waals surface area (Å²) in [7, 11) is 3.27. The Balaban J connectivity index is 1.59. The van der Waals surface area contributed by atoms with Crippen molar-refractivity contribution in [3.8, 4) is 11.5 Å². The van der Waals surface area contributed by atoms with Crippen LogP contribution in [0.2, 0.25) is 0 Å². The van der Waals surface area contributed by atoms with Crippen LogP contribution in [0.3, 0.4) is 0 Å². The third-order valence-electron chi connectivity index (χ3n) is 4.60. The molecule has 0 saturated carbocycles. The Labute approximate surface area is 166 Å². The highest BCUT2D eigenvalue weighted by Crippen LogP contribution is 2.27. The highest BCUT2D eigenvalue weighted by molar-refractivity contribution is 5.98. The average molecular weight is 374 g/mol. The maximum atomic E-state index is 5.34. The number of hydrogen-bond donors (Lipinski definition) is 1. The number of hydrazone groups is 1. The molecule has 0 bridgehead atoms. The van der Waals surface area contributed by atoms with Crippen molar-refractivity contribution in [2.75, 3.05) is 14.2 Å². The molecule has 0 amide bonds. The van der Waals surface area contributed by atoms with Gasteiger partial charge < -0.3 is 14.9 Å². The molecule has 0 saturated heterocycles. The van der Waals surface area contributed by atoms with Crippen LogP contribution in [-0.2, 0) is 13.0 Å². The lowest BCUT2D eigenvalue weighted by Crippen LogP contribution is -2.09. The van der Waals surface area contributed by atoms with E-state index in [9.17, 15) is 0 Å². The van der Waals surface area contributed by atoms with E-state index in [0.717, 1.165) is 34.8 Å². The van der Waals surface area contributed by atoms with E-state index in [4.69, 9.17) is 9.47 Å². The van der Waals surface area contributed by atoms with Crippen LogP contribution in [-0.4, -0.2) is 19.9 Å². The number of nitrogens with zero attached hydrogens (tertiary/aromatic N) is 1. The Hall–Kier alpha value is -3.27. The van der Waals surface area contributed by atoms with Crippen molar-refractivity contribution in [3.63, 3.8) is 0 Å². The molecular formula is C24H26N2O2. The predicted octanol–water partition coefficient (Wildman–Crippen LogP) is 4.81. The van der Waals surface area contributed by atoms with Gasteiger partial charge in [0.05, 0.1) is 26.5 Å². The standard InChI is InChI=1S/C24H26N2O2/c1-18(26-25-17-21-11-14-23(27-2)24(16-21)28-3)22-12-9-20(10-13-22)15-19-7-5-4-6-8-19/h4-14,16,25H,15,17H2,1-3H3/b26-18+. The molecule has 4 heteroatoms. The molecular weight excluding hydrogens is 348 g/mol. The Kier molecular flexibility index (Phi) is 6.68. The fourth-order valence-corrected chi connectivity index (χ4v) is 3.00. The molecule has 144 valence electrons. The fraction of sp³-hybridized carbons (Fsp3) is 0.208. The van der Waals surface area contributed by atoms with Crippen LogP contribution in [0, 0.1) is 0 Å². The lowest BCUT2D eigenvalue weighted by molar-refractivity contribution is 0.354. The lowest BCUT2D eigenvalue weighted by Gasteiger charge is -2.10. The molecule has 0 spiro atoms. The second-order valence-corrected chi connectivity index (χ2v) is 6.58. The molecule has 4 nitrogen and oxygen atoms in total. The summed E-state index contributed by atoms with van der Waals surface area (Å²) in [6.07, 6.45) is 0.939. The zero-order valence-corrected chi connectivity index (χ0v) is 16.6. The van der Waals surface area contributed by atoms with Crippen molar-refractivity contribution in [2.45, 2.75) is 19.9 Å². The summed E-state index contributed by atoms with van der Waals surface area (Å²) in [4.78, 5) is 0. The Morgan fingerprint density at radius 3 is 2.11 bits per heavy atom. The molecule has 3 aromatic rings. The Morgan fingerprint density at radius 2 is 1.43 bits per heavy atom. The fourth-order valence-electron chi connectivity index (χ4n) is 3.00. The maximum absolute atomic E-state index is 5.34. The molecule has 1 N–H and O–H groups in total. The van der Waals surface area contributed by atoms with Crippen molar-refractivity contribution < 1.29 is 9.47 Å². The zero-order chi connectivity index (χ0) is 19.8. The first-order valence-electron chi connectivity index (χ1n) is 9.31. The van der Waals surface area contributed by atoms with Gasteiger partial charge in [-0.3, -0.25) is 0 Å². The zero-order valence-electron chi connectivity index (χ0n) is 16.6. The number of benzene rings is 3. The second-order valence-electron chi connectivity index (χ2n) is 6.58. The molecule has 0 fully saturated rings. The topological polar surface area (TPSA) is 42.8 Å². The molecule has 0 aliphatic rings. The average Bonchev–Trinajstić information content (AvgIpc) is 2.74. The van der Waals surface area contributed by atoms with E-state index < -0.39 is 0 Å². The number of rotatable bonds is 8. The van der Waals surface area contributed by atoms with Crippen molar-refractivity contribution in [2.24, 2.45) is 5.10 Å². The van der Waals surface area contributed by atoms with Crippen molar-refractivity contribution in [1.82, 2.24) is 5.43 Å². The number of methoxy groups -OCH3 is 2. The van der Waals surface area contributed by atoms with Gasteiger partial charge in [0.2, 0.25) is 0 Å². The van der Waals surface area contributed by atoms with Crippen molar-refractivity contribution in [1.29, 1.82) is 0 Å². The van der Waals surface area contributed by atoms with E-state index in [1.807, 2.05) is 31.2 Å². The van der Waals surface area contributed by atoms with Gasteiger partial charge in [0.25, 0.3) is 0 Å². The quantitative estimate of drug-likeness (QED) is 0.455. The van der Waals surface area contributed by atoms with Crippen LogP contribution in [0.5, 0.6) is 11.5 Å². The normalized spacial score (nSPS) is 11.2. The van der Waals surface area contributed by atoms with E-state index in [1.165, 1.54) is 11.1 Å². The SMILES string of the molecule is COc1ccc(CN/N=C(\C)c2ccc(Cc3ccccc3)cc2)cc1OC. The van der Waals surface area contributed by atoms with Crippen molar-refractivity contribution in [3.05, 3.63) is 95.1 Å². The minimum absolute atomic E-state index is 0.615. The largest absolute Gasteiger partial charge is 0.493 e. The van der Waals surface area contributed by atoms with Crippen LogP contribution in [0.25, 0.3) is 0 Å². The van der Waals surface area contributed by atoms with Crippen LogP contribution in [0.1, 0.15) is 29.2 Å². The van der Waals surface area contributed by atoms with Gasteiger partial charge in [-0.05, 0) is 47.7 Å². The molecule has 0 heterocycles. The second kappa shape index (κ2) is 9.60. The summed E-state index contributed by atoms with van der Waals surface area (Å²) in [6, 6.07) is 24.9. The summed E-state index contributed by atoms with van der Waals surface area (Å²) in [6.45, 7) is 2.62.